The Morgan fingerprint density at radius 1 is 0.975 bits per heavy atom. The number of alkyl carbamates (subject to hydrolysis) is 1. The summed E-state index contributed by atoms with van der Waals surface area (Å²) in [6.45, 7) is 14.7. The van der Waals surface area contributed by atoms with Crippen molar-refractivity contribution >= 4 is 23.6 Å². The molecule has 3 atom stereocenters. The molecule has 0 saturated carbocycles. The number of methoxy groups -OCH3 is 1. The number of anilines is 1. The van der Waals surface area contributed by atoms with Crippen molar-refractivity contribution in [2.75, 3.05) is 12.4 Å². The van der Waals surface area contributed by atoms with Crippen LogP contribution in [-0.4, -0.2) is 47.1 Å². The molecule has 0 heterocycles. The topological polar surface area (TPSA) is 97.0 Å². The number of hydrogen-bond donors (Lipinski definition) is 2. The summed E-state index contributed by atoms with van der Waals surface area (Å²) in [5.74, 6) is 2.18. The molecule has 0 aliphatic rings. The summed E-state index contributed by atoms with van der Waals surface area (Å²) in [5.41, 5.74) is 0.216. The third kappa shape index (κ3) is 8.77. The van der Waals surface area contributed by atoms with Crippen molar-refractivity contribution in [3.05, 3.63) is 59.7 Å². The summed E-state index contributed by atoms with van der Waals surface area (Å²) in [7, 11) is 1.56. The van der Waals surface area contributed by atoms with Crippen molar-refractivity contribution in [1.82, 2.24) is 10.2 Å². The molecule has 8 heteroatoms. The lowest BCUT2D eigenvalue weighted by Crippen LogP contribution is -2.59. The second-order valence-electron chi connectivity index (χ2n) is 11.8. The van der Waals surface area contributed by atoms with Gasteiger partial charge in [-0.15, -0.1) is 6.42 Å². The highest BCUT2D eigenvalue weighted by atomic mass is 16.6. The molecule has 0 fully saturated rings. The Balaban J connectivity index is 2.61. The molecule has 216 valence electrons. The lowest BCUT2D eigenvalue weighted by Gasteiger charge is -2.43. The van der Waals surface area contributed by atoms with E-state index in [1.165, 1.54) is 4.90 Å². The Morgan fingerprint density at radius 3 is 2.00 bits per heavy atom. The van der Waals surface area contributed by atoms with Crippen LogP contribution in [0.25, 0.3) is 0 Å². The zero-order valence-electron chi connectivity index (χ0n) is 25.1. The zero-order valence-corrected chi connectivity index (χ0v) is 25.1. The number of nitrogens with zero attached hydrogens (tertiary/aromatic N) is 1. The standard InChI is InChI=1S/C32H43N3O5/c1-11-21(3)26(34-30(38)40-32(7,8)9)29(37)35(31(4,5)6)27(23-15-13-22(12-2)14-16-23)28(36)33-24-17-19-25(39-10)20-18-24/h2,13-21,26-27H,11H2,1,3-10H3,(H,33,36)(H,34,38). The van der Waals surface area contributed by atoms with E-state index in [2.05, 4.69) is 16.6 Å². The van der Waals surface area contributed by atoms with Gasteiger partial charge in [0.15, 0.2) is 0 Å². The smallest absolute Gasteiger partial charge is 0.408 e. The second kappa shape index (κ2) is 13.4. The van der Waals surface area contributed by atoms with Crippen molar-refractivity contribution in [3.8, 4) is 18.1 Å². The van der Waals surface area contributed by atoms with Gasteiger partial charge in [-0.1, -0.05) is 38.3 Å². The zero-order chi connectivity index (χ0) is 30.3. The fraction of sp³-hybridized carbons (Fsp3) is 0.469. The third-order valence-corrected chi connectivity index (χ3v) is 6.37. The van der Waals surface area contributed by atoms with Gasteiger partial charge < -0.3 is 25.0 Å². The van der Waals surface area contributed by atoms with Crippen LogP contribution in [-0.2, 0) is 14.3 Å². The minimum absolute atomic E-state index is 0.237. The predicted octanol–water partition coefficient (Wildman–Crippen LogP) is 5.92. The van der Waals surface area contributed by atoms with Gasteiger partial charge in [-0.2, -0.15) is 0 Å². The number of hydrogen-bond acceptors (Lipinski definition) is 5. The minimum atomic E-state index is -1.03. The van der Waals surface area contributed by atoms with Crippen LogP contribution in [0.3, 0.4) is 0 Å². The first kappa shape index (κ1) is 32.2. The molecule has 0 bridgehead atoms. The van der Waals surface area contributed by atoms with E-state index in [-0.39, 0.29) is 5.92 Å². The maximum absolute atomic E-state index is 14.4. The molecule has 2 aromatic rings. The average Bonchev–Trinajstić information content (AvgIpc) is 2.88. The number of terminal acetylenes is 1. The number of nitrogens with one attached hydrogen (secondary N) is 2. The van der Waals surface area contributed by atoms with Gasteiger partial charge in [-0.05, 0) is 89.4 Å². The Kier molecular flexibility index (Phi) is 10.8. The summed E-state index contributed by atoms with van der Waals surface area (Å²) in [6, 6.07) is 11.9. The van der Waals surface area contributed by atoms with Gasteiger partial charge in [0.1, 0.15) is 23.4 Å². The van der Waals surface area contributed by atoms with E-state index >= 15 is 0 Å². The van der Waals surface area contributed by atoms with E-state index < -0.39 is 41.1 Å². The molecule has 3 unspecified atom stereocenters. The van der Waals surface area contributed by atoms with Gasteiger partial charge in [0, 0.05) is 16.8 Å². The molecule has 40 heavy (non-hydrogen) atoms. The van der Waals surface area contributed by atoms with E-state index in [4.69, 9.17) is 15.9 Å². The molecule has 2 aromatic carbocycles. The van der Waals surface area contributed by atoms with Gasteiger partial charge in [-0.25, -0.2) is 4.79 Å². The monoisotopic (exact) mass is 549 g/mol. The number of amides is 3. The molecular formula is C32H43N3O5. The van der Waals surface area contributed by atoms with Gasteiger partial charge >= 0.3 is 6.09 Å². The van der Waals surface area contributed by atoms with Gasteiger partial charge in [0.2, 0.25) is 5.91 Å². The summed E-state index contributed by atoms with van der Waals surface area (Å²) in [6.07, 6.45) is 5.48. The van der Waals surface area contributed by atoms with Crippen molar-refractivity contribution in [2.45, 2.75) is 85.0 Å². The molecule has 0 aliphatic heterocycles. The van der Waals surface area contributed by atoms with Crippen LogP contribution in [0.4, 0.5) is 10.5 Å². The van der Waals surface area contributed by atoms with Crippen LogP contribution in [0.5, 0.6) is 5.75 Å². The highest BCUT2D eigenvalue weighted by molar-refractivity contribution is 5.99. The highest BCUT2D eigenvalue weighted by Crippen LogP contribution is 2.32. The van der Waals surface area contributed by atoms with Crippen molar-refractivity contribution in [3.63, 3.8) is 0 Å². The normalized spacial score (nSPS) is 13.7. The number of ether oxygens (including phenoxy) is 2. The quantitative estimate of drug-likeness (QED) is 0.378. The molecular weight excluding hydrogens is 506 g/mol. The first-order chi connectivity index (χ1) is 18.6. The average molecular weight is 550 g/mol. The van der Waals surface area contributed by atoms with Crippen LogP contribution in [0.15, 0.2) is 48.5 Å². The van der Waals surface area contributed by atoms with E-state index in [0.717, 1.165) is 0 Å². The minimum Gasteiger partial charge on any atom is -0.497 e. The second-order valence-corrected chi connectivity index (χ2v) is 11.8. The predicted molar refractivity (Wildman–Crippen MR) is 158 cm³/mol. The van der Waals surface area contributed by atoms with Crippen LogP contribution in [0.1, 0.15) is 79.0 Å². The molecule has 2 rings (SSSR count). The molecule has 0 aromatic heterocycles. The lowest BCUT2D eigenvalue weighted by atomic mass is 9.91. The third-order valence-electron chi connectivity index (χ3n) is 6.37. The highest BCUT2D eigenvalue weighted by Gasteiger charge is 2.43. The Hall–Kier alpha value is -3.99. The van der Waals surface area contributed by atoms with Gasteiger partial charge in [0.25, 0.3) is 5.91 Å². The number of carbonyl (C=O) groups excluding carboxylic acids is 3. The summed E-state index contributed by atoms with van der Waals surface area (Å²) >= 11 is 0. The van der Waals surface area contributed by atoms with Crippen LogP contribution in [0.2, 0.25) is 0 Å². The van der Waals surface area contributed by atoms with Crippen molar-refractivity contribution < 1.29 is 23.9 Å². The summed E-state index contributed by atoms with van der Waals surface area (Å²) in [4.78, 5) is 42.7. The van der Waals surface area contributed by atoms with E-state index in [9.17, 15) is 14.4 Å². The number of benzene rings is 2. The molecule has 0 radical (unpaired) electrons. The maximum atomic E-state index is 14.4. The van der Waals surface area contributed by atoms with E-state index in [1.807, 2.05) is 34.6 Å². The number of rotatable bonds is 9. The fourth-order valence-corrected chi connectivity index (χ4v) is 4.18. The van der Waals surface area contributed by atoms with Crippen molar-refractivity contribution in [2.24, 2.45) is 5.92 Å². The first-order valence-electron chi connectivity index (χ1n) is 13.5. The summed E-state index contributed by atoms with van der Waals surface area (Å²) < 4.78 is 10.7. The Morgan fingerprint density at radius 2 is 1.55 bits per heavy atom. The largest absolute Gasteiger partial charge is 0.497 e. The molecule has 8 nitrogen and oxygen atoms in total. The summed E-state index contributed by atoms with van der Waals surface area (Å²) in [5, 5.41) is 5.72. The molecule has 0 spiro atoms. The van der Waals surface area contributed by atoms with Crippen LogP contribution >= 0.6 is 0 Å². The fourth-order valence-electron chi connectivity index (χ4n) is 4.18. The lowest BCUT2D eigenvalue weighted by molar-refractivity contribution is -0.147. The number of carbonyl (C=O) groups is 3. The van der Waals surface area contributed by atoms with E-state index in [1.54, 1.807) is 76.4 Å². The molecule has 2 N–H and O–H groups in total. The van der Waals surface area contributed by atoms with Gasteiger partial charge in [-0.3, -0.25) is 9.59 Å². The van der Waals surface area contributed by atoms with Gasteiger partial charge in [0.05, 0.1) is 7.11 Å². The Bertz CT molecular complexity index is 1200. The molecule has 0 aliphatic carbocycles. The van der Waals surface area contributed by atoms with E-state index in [0.29, 0.717) is 29.0 Å². The maximum Gasteiger partial charge on any atom is 0.408 e. The van der Waals surface area contributed by atoms with Crippen LogP contribution in [0, 0.1) is 18.3 Å². The molecule has 0 saturated heterocycles. The molecule has 3 amide bonds. The first-order valence-corrected chi connectivity index (χ1v) is 13.5. The Labute approximate surface area is 238 Å². The van der Waals surface area contributed by atoms with Crippen molar-refractivity contribution in [1.29, 1.82) is 0 Å². The SMILES string of the molecule is C#Cc1ccc(C(C(=O)Nc2ccc(OC)cc2)N(C(=O)C(NC(=O)OC(C)(C)C)C(C)CC)C(C)(C)C)cc1. The van der Waals surface area contributed by atoms with Crippen LogP contribution < -0.4 is 15.4 Å².